The largest absolute Gasteiger partial charge is 0.339 e. The Morgan fingerprint density at radius 1 is 0.857 bits per heavy atom. The fourth-order valence-corrected chi connectivity index (χ4v) is 3.55. The summed E-state index contributed by atoms with van der Waals surface area (Å²) in [5.41, 5.74) is 5.60. The molecule has 138 valence electrons. The van der Waals surface area contributed by atoms with E-state index < -0.39 is 0 Å². The van der Waals surface area contributed by atoms with E-state index in [1.54, 1.807) is 6.20 Å². The van der Waals surface area contributed by atoms with Crippen LogP contribution in [0.15, 0.2) is 67.0 Å². The molecule has 0 unspecified atom stereocenters. The molecule has 3 heterocycles. The van der Waals surface area contributed by atoms with E-state index in [4.69, 9.17) is 0 Å². The summed E-state index contributed by atoms with van der Waals surface area (Å²) >= 11 is 0. The lowest BCUT2D eigenvalue weighted by atomic mass is 10.1. The molecule has 6 heteroatoms. The molecule has 2 N–H and O–H groups in total. The SMILES string of the molecule is CN1Cc2ccc(Nc3nccc(Nc4cnc5ccccc5c4)n3)cc2C1. The maximum absolute atomic E-state index is 4.58. The molecule has 2 aromatic carbocycles. The van der Waals surface area contributed by atoms with Gasteiger partial charge in [-0.05, 0) is 48.5 Å². The number of anilines is 4. The van der Waals surface area contributed by atoms with E-state index in [0.29, 0.717) is 5.95 Å². The summed E-state index contributed by atoms with van der Waals surface area (Å²) in [5.74, 6) is 1.28. The minimum absolute atomic E-state index is 0.560. The van der Waals surface area contributed by atoms with E-state index in [0.717, 1.165) is 41.2 Å². The topological polar surface area (TPSA) is 66.0 Å². The number of aromatic nitrogens is 3. The lowest BCUT2D eigenvalue weighted by molar-refractivity contribution is 0.353. The average Bonchev–Trinajstić information content (AvgIpc) is 3.07. The van der Waals surface area contributed by atoms with Gasteiger partial charge in [0.2, 0.25) is 5.95 Å². The third-order valence-electron chi connectivity index (χ3n) is 4.86. The van der Waals surface area contributed by atoms with E-state index >= 15 is 0 Å². The van der Waals surface area contributed by atoms with Crippen molar-refractivity contribution in [3.05, 3.63) is 78.1 Å². The predicted octanol–water partition coefficient (Wildman–Crippen LogP) is 4.46. The van der Waals surface area contributed by atoms with Gasteiger partial charge in [0.15, 0.2) is 0 Å². The highest BCUT2D eigenvalue weighted by molar-refractivity contribution is 5.82. The van der Waals surface area contributed by atoms with E-state index in [1.807, 2.05) is 36.5 Å². The number of nitrogens with zero attached hydrogens (tertiary/aromatic N) is 4. The summed E-state index contributed by atoms with van der Waals surface area (Å²) in [6.45, 7) is 1.98. The summed E-state index contributed by atoms with van der Waals surface area (Å²) in [6.07, 6.45) is 3.56. The molecular formula is C22H20N6. The number of hydrogen-bond acceptors (Lipinski definition) is 6. The highest BCUT2D eigenvalue weighted by Gasteiger charge is 2.15. The first-order valence-corrected chi connectivity index (χ1v) is 9.25. The van der Waals surface area contributed by atoms with Gasteiger partial charge in [0.05, 0.1) is 17.4 Å². The predicted molar refractivity (Wildman–Crippen MR) is 112 cm³/mol. The van der Waals surface area contributed by atoms with E-state index in [9.17, 15) is 0 Å². The van der Waals surface area contributed by atoms with E-state index in [1.165, 1.54) is 11.1 Å². The van der Waals surface area contributed by atoms with Crippen molar-refractivity contribution in [2.45, 2.75) is 13.1 Å². The van der Waals surface area contributed by atoms with Gasteiger partial charge in [-0.25, -0.2) is 4.98 Å². The summed E-state index contributed by atoms with van der Waals surface area (Å²) < 4.78 is 0. The zero-order chi connectivity index (χ0) is 18.9. The quantitative estimate of drug-likeness (QED) is 0.554. The smallest absolute Gasteiger partial charge is 0.229 e. The molecule has 0 fully saturated rings. The maximum Gasteiger partial charge on any atom is 0.229 e. The molecule has 5 rings (SSSR count). The molecule has 4 aromatic rings. The first kappa shape index (κ1) is 16.6. The molecule has 0 aliphatic carbocycles. The van der Waals surface area contributed by atoms with Crippen LogP contribution in [0.25, 0.3) is 10.9 Å². The molecular weight excluding hydrogens is 348 g/mol. The molecule has 0 saturated carbocycles. The first-order valence-electron chi connectivity index (χ1n) is 9.25. The van der Waals surface area contributed by atoms with Crippen molar-refractivity contribution in [1.82, 2.24) is 19.9 Å². The van der Waals surface area contributed by atoms with Crippen LogP contribution in [0, 0.1) is 0 Å². The van der Waals surface area contributed by atoms with Crippen LogP contribution in [0.5, 0.6) is 0 Å². The van der Waals surface area contributed by atoms with Gasteiger partial charge in [0.1, 0.15) is 5.82 Å². The molecule has 2 aromatic heterocycles. The second-order valence-electron chi connectivity index (χ2n) is 7.09. The molecule has 0 saturated heterocycles. The standard InChI is InChI=1S/C22H20N6/c1-28-13-16-6-7-18(11-17(16)14-28)26-22-23-9-8-21(27-22)25-19-10-15-4-2-3-5-20(15)24-12-19/h2-12H,13-14H2,1H3,(H2,23,25,26,27). The number of fused-ring (bicyclic) bond motifs is 2. The van der Waals surface area contributed by atoms with E-state index in [-0.39, 0.29) is 0 Å². The molecule has 0 radical (unpaired) electrons. The van der Waals surface area contributed by atoms with Crippen molar-refractivity contribution >= 4 is 34.0 Å². The highest BCUT2D eigenvalue weighted by atomic mass is 15.1. The Labute approximate surface area is 163 Å². The van der Waals surface area contributed by atoms with Gasteiger partial charge in [-0.2, -0.15) is 4.98 Å². The second kappa shape index (κ2) is 6.90. The molecule has 6 nitrogen and oxygen atoms in total. The fraction of sp³-hybridized carbons (Fsp3) is 0.136. The van der Waals surface area contributed by atoms with Crippen molar-refractivity contribution in [1.29, 1.82) is 0 Å². The van der Waals surface area contributed by atoms with Gasteiger partial charge in [0, 0.05) is 30.4 Å². The number of pyridine rings is 1. The van der Waals surface area contributed by atoms with Gasteiger partial charge in [-0.1, -0.05) is 24.3 Å². The molecule has 1 aliphatic rings. The fourth-order valence-electron chi connectivity index (χ4n) is 3.55. The van der Waals surface area contributed by atoms with Crippen LogP contribution < -0.4 is 10.6 Å². The summed E-state index contributed by atoms with van der Waals surface area (Å²) in [5, 5.41) is 7.70. The number of nitrogens with one attached hydrogen (secondary N) is 2. The molecule has 1 aliphatic heterocycles. The first-order chi connectivity index (χ1) is 13.7. The lowest BCUT2D eigenvalue weighted by Gasteiger charge is -2.10. The number of rotatable bonds is 4. The van der Waals surface area contributed by atoms with Crippen molar-refractivity contribution in [2.75, 3.05) is 17.7 Å². The zero-order valence-corrected chi connectivity index (χ0v) is 15.6. The second-order valence-corrected chi connectivity index (χ2v) is 7.09. The third kappa shape index (κ3) is 3.37. The molecule has 0 amide bonds. The van der Waals surface area contributed by atoms with Crippen molar-refractivity contribution in [3.8, 4) is 0 Å². The minimum atomic E-state index is 0.560. The summed E-state index contributed by atoms with van der Waals surface area (Å²) in [6, 6.07) is 18.4. The molecule has 28 heavy (non-hydrogen) atoms. The van der Waals surface area contributed by atoms with Crippen LogP contribution in [-0.4, -0.2) is 26.9 Å². The maximum atomic E-state index is 4.58. The Bertz CT molecular complexity index is 1160. The summed E-state index contributed by atoms with van der Waals surface area (Å²) in [7, 11) is 2.13. The molecule has 0 spiro atoms. The lowest BCUT2D eigenvalue weighted by Crippen LogP contribution is -2.07. The van der Waals surface area contributed by atoms with Crippen LogP contribution in [0.1, 0.15) is 11.1 Å². The van der Waals surface area contributed by atoms with Gasteiger partial charge in [-0.3, -0.25) is 9.88 Å². The van der Waals surface area contributed by atoms with Crippen molar-refractivity contribution in [3.63, 3.8) is 0 Å². The average molecular weight is 368 g/mol. The van der Waals surface area contributed by atoms with E-state index in [2.05, 4.69) is 61.8 Å². The van der Waals surface area contributed by atoms with Gasteiger partial charge >= 0.3 is 0 Å². The highest BCUT2D eigenvalue weighted by Crippen LogP contribution is 2.26. The van der Waals surface area contributed by atoms with Gasteiger partial charge < -0.3 is 10.6 Å². The Hall–Kier alpha value is -3.51. The van der Waals surface area contributed by atoms with Crippen LogP contribution >= 0.6 is 0 Å². The minimum Gasteiger partial charge on any atom is -0.339 e. The number of para-hydroxylation sites is 1. The van der Waals surface area contributed by atoms with Gasteiger partial charge in [0.25, 0.3) is 0 Å². The van der Waals surface area contributed by atoms with Crippen molar-refractivity contribution < 1.29 is 0 Å². The van der Waals surface area contributed by atoms with Crippen LogP contribution in [0.3, 0.4) is 0 Å². The third-order valence-corrected chi connectivity index (χ3v) is 4.86. The van der Waals surface area contributed by atoms with Crippen LogP contribution in [-0.2, 0) is 13.1 Å². The Kier molecular flexibility index (Phi) is 4.10. The number of benzene rings is 2. The van der Waals surface area contributed by atoms with Crippen molar-refractivity contribution in [2.24, 2.45) is 0 Å². The summed E-state index contributed by atoms with van der Waals surface area (Å²) in [4.78, 5) is 15.7. The Balaban J connectivity index is 1.35. The monoisotopic (exact) mass is 368 g/mol. The van der Waals surface area contributed by atoms with Crippen LogP contribution in [0.4, 0.5) is 23.1 Å². The Morgan fingerprint density at radius 2 is 1.75 bits per heavy atom. The normalized spacial score (nSPS) is 13.5. The zero-order valence-electron chi connectivity index (χ0n) is 15.6. The van der Waals surface area contributed by atoms with Crippen LogP contribution in [0.2, 0.25) is 0 Å². The number of hydrogen-bond donors (Lipinski definition) is 2. The molecule has 0 atom stereocenters. The Morgan fingerprint density at radius 3 is 2.71 bits per heavy atom. The van der Waals surface area contributed by atoms with Gasteiger partial charge in [-0.15, -0.1) is 0 Å². The molecule has 0 bridgehead atoms.